The SMILES string of the molecule is CC.CCCN(CCCC(C)CC)c1cncc(-c2cccc(/C=C3\SC(=S)NC3=O)c2)n1. The van der Waals surface area contributed by atoms with Gasteiger partial charge in [0.05, 0.1) is 23.0 Å². The quantitative estimate of drug-likeness (QED) is 0.299. The van der Waals surface area contributed by atoms with Crippen LogP contribution in [0.2, 0.25) is 0 Å². The zero-order chi connectivity index (χ0) is 24.2. The molecule has 2 heterocycles. The van der Waals surface area contributed by atoms with Gasteiger partial charge in [-0.1, -0.05) is 83.2 Å². The van der Waals surface area contributed by atoms with E-state index in [1.165, 1.54) is 24.6 Å². The smallest absolute Gasteiger partial charge is 0.263 e. The molecule has 178 valence electrons. The van der Waals surface area contributed by atoms with E-state index in [0.29, 0.717) is 9.23 Å². The molecule has 1 aromatic carbocycles. The third-order valence-electron chi connectivity index (χ3n) is 5.38. The summed E-state index contributed by atoms with van der Waals surface area (Å²) in [4.78, 5) is 24.3. The van der Waals surface area contributed by atoms with Gasteiger partial charge in [-0.25, -0.2) is 4.98 Å². The Balaban J connectivity index is 0.00000187. The molecule has 7 heteroatoms. The van der Waals surface area contributed by atoms with E-state index in [0.717, 1.165) is 54.5 Å². The summed E-state index contributed by atoms with van der Waals surface area (Å²) in [5.74, 6) is 1.53. The van der Waals surface area contributed by atoms with Gasteiger partial charge < -0.3 is 10.2 Å². The third-order valence-corrected chi connectivity index (χ3v) is 6.55. The van der Waals surface area contributed by atoms with Gasteiger partial charge in [0.25, 0.3) is 5.91 Å². The van der Waals surface area contributed by atoms with Crippen LogP contribution in [0.4, 0.5) is 5.82 Å². The molecule has 1 fully saturated rings. The number of amides is 1. The van der Waals surface area contributed by atoms with Crippen molar-refractivity contribution in [2.45, 2.75) is 60.3 Å². The van der Waals surface area contributed by atoms with Crippen LogP contribution in [0.1, 0.15) is 65.9 Å². The highest BCUT2D eigenvalue weighted by Gasteiger charge is 2.22. The first kappa shape index (κ1) is 27.0. The number of anilines is 1. The largest absolute Gasteiger partial charge is 0.355 e. The molecule has 0 radical (unpaired) electrons. The third kappa shape index (κ3) is 8.23. The van der Waals surface area contributed by atoms with Crippen molar-refractivity contribution in [2.75, 3.05) is 18.0 Å². The van der Waals surface area contributed by atoms with E-state index in [1.54, 1.807) is 6.20 Å². The molecular formula is C26H36N4OS2. The standard InChI is InChI=1S/C24H30N4OS2.C2H6/c1-4-11-28(12-7-8-17(3)5-2)22-16-25-15-20(26-22)19-10-6-9-18(13-19)14-21-23(29)27-24(30)31-21;1-2/h6,9-10,13-17H,4-5,7-8,11-12H2,1-3H3,(H,27,29,30);1-2H3/b21-14-;. The van der Waals surface area contributed by atoms with Crippen molar-refractivity contribution in [1.82, 2.24) is 15.3 Å². The monoisotopic (exact) mass is 484 g/mol. The van der Waals surface area contributed by atoms with Gasteiger partial charge in [-0.05, 0) is 42.9 Å². The van der Waals surface area contributed by atoms with Gasteiger partial charge in [0.15, 0.2) is 0 Å². The summed E-state index contributed by atoms with van der Waals surface area (Å²) in [5, 5.41) is 2.65. The van der Waals surface area contributed by atoms with Crippen molar-refractivity contribution >= 4 is 46.1 Å². The lowest BCUT2D eigenvalue weighted by Crippen LogP contribution is -2.26. The highest BCUT2D eigenvalue weighted by molar-refractivity contribution is 8.26. The minimum atomic E-state index is -0.144. The summed E-state index contributed by atoms with van der Waals surface area (Å²) in [7, 11) is 0. The van der Waals surface area contributed by atoms with E-state index in [-0.39, 0.29) is 5.91 Å². The van der Waals surface area contributed by atoms with Crippen LogP contribution >= 0.6 is 24.0 Å². The molecule has 33 heavy (non-hydrogen) atoms. The fraction of sp³-hybridized carbons (Fsp3) is 0.462. The molecule has 3 rings (SSSR count). The van der Waals surface area contributed by atoms with Gasteiger partial charge in [0.2, 0.25) is 0 Å². The Morgan fingerprint density at radius 2 is 2.00 bits per heavy atom. The fourth-order valence-corrected chi connectivity index (χ4v) is 4.50. The average Bonchev–Trinajstić information content (AvgIpc) is 3.16. The number of thiocarbonyl (C=S) groups is 1. The number of benzene rings is 1. The Morgan fingerprint density at radius 1 is 1.21 bits per heavy atom. The molecule has 0 saturated carbocycles. The van der Waals surface area contributed by atoms with Gasteiger partial charge in [0, 0.05) is 18.7 Å². The summed E-state index contributed by atoms with van der Waals surface area (Å²) >= 11 is 6.36. The average molecular weight is 485 g/mol. The number of rotatable bonds is 10. The van der Waals surface area contributed by atoms with Crippen molar-refractivity contribution in [1.29, 1.82) is 0 Å². The van der Waals surface area contributed by atoms with Gasteiger partial charge >= 0.3 is 0 Å². The Hall–Kier alpha value is -2.25. The van der Waals surface area contributed by atoms with Crippen LogP contribution in [-0.2, 0) is 4.79 Å². The lowest BCUT2D eigenvalue weighted by atomic mass is 10.0. The normalized spacial score (nSPS) is 15.1. The second-order valence-corrected chi connectivity index (χ2v) is 9.60. The summed E-state index contributed by atoms with van der Waals surface area (Å²) in [6.07, 6.45) is 10.2. The molecule has 1 aromatic heterocycles. The highest BCUT2D eigenvalue weighted by Crippen LogP contribution is 2.27. The predicted molar refractivity (Wildman–Crippen MR) is 146 cm³/mol. The number of nitrogens with zero attached hydrogens (tertiary/aromatic N) is 3. The number of hydrogen-bond donors (Lipinski definition) is 1. The maximum atomic E-state index is 12.0. The van der Waals surface area contributed by atoms with Crippen molar-refractivity contribution < 1.29 is 4.79 Å². The second kappa shape index (κ2) is 14.1. The van der Waals surface area contributed by atoms with Crippen molar-refractivity contribution in [3.8, 4) is 11.3 Å². The van der Waals surface area contributed by atoms with E-state index in [1.807, 2.05) is 50.4 Å². The summed E-state index contributed by atoms with van der Waals surface area (Å²) in [5.41, 5.74) is 2.75. The topological polar surface area (TPSA) is 58.1 Å². The van der Waals surface area contributed by atoms with E-state index in [9.17, 15) is 4.79 Å². The van der Waals surface area contributed by atoms with E-state index in [2.05, 4.69) is 36.0 Å². The second-order valence-electron chi connectivity index (χ2n) is 7.88. The lowest BCUT2D eigenvalue weighted by Gasteiger charge is -2.24. The number of carbonyl (C=O) groups is 1. The first-order chi connectivity index (χ1) is 16.0. The number of hydrogen-bond acceptors (Lipinski definition) is 6. The molecule has 1 amide bonds. The van der Waals surface area contributed by atoms with Gasteiger partial charge in [-0.15, -0.1) is 0 Å². The van der Waals surface area contributed by atoms with Crippen LogP contribution < -0.4 is 10.2 Å². The minimum Gasteiger partial charge on any atom is -0.355 e. The molecule has 1 aliphatic rings. The maximum Gasteiger partial charge on any atom is 0.263 e. The Bertz CT molecular complexity index is 961. The van der Waals surface area contributed by atoms with E-state index < -0.39 is 0 Å². The molecule has 1 N–H and O–H groups in total. The van der Waals surface area contributed by atoms with Crippen LogP contribution in [-0.4, -0.2) is 33.3 Å². The maximum absolute atomic E-state index is 12.0. The zero-order valence-corrected chi connectivity index (χ0v) is 22.1. The van der Waals surface area contributed by atoms with Crippen LogP contribution in [0.3, 0.4) is 0 Å². The lowest BCUT2D eigenvalue weighted by molar-refractivity contribution is -0.115. The van der Waals surface area contributed by atoms with Crippen LogP contribution in [0.25, 0.3) is 17.3 Å². The van der Waals surface area contributed by atoms with Gasteiger partial charge in [-0.3, -0.25) is 9.78 Å². The summed E-state index contributed by atoms with van der Waals surface area (Å²) in [6, 6.07) is 8.00. The van der Waals surface area contributed by atoms with E-state index in [4.69, 9.17) is 17.2 Å². The first-order valence-electron chi connectivity index (χ1n) is 11.9. The van der Waals surface area contributed by atoms with Gasteiger partial charge in [0.1, 0.15) is 10.1 Å². The summed E-state index contributed by atoms with van der Waals surface area (Å²) in [6.45, 7) is 12.7. The van der Waals surface area contributed by atoms with Crippen LogP contribution in [0.15, 0.2) is 41.6 Å². The Morgan fingerprint density at radius 3 is 2.67 bits per heavy atom. The van der Waals surface area contributed by atoms with Crippen LogP contribution in [0, 0.1) is 5.92 Å². The first-order valence-corrected chi connectivity index (χ1v) is 13.1. The van der Waals surface area contributed by atoms with Crippen molar-refractivity contribution in [3.63, 3.8) is 0 Å². The summed E-state index contributed by atoms with van der Waals surface area (Å²) < 4.78 is 0.496. The molecule has 0 aliphatic carbocycles. The minimum absolute atomic E-state index is 0.144. The molecule has 1 aliphatic heterocycles. The molecule has 0 spiro atoms. The molecule has 1 unspecified atom stereocenters. The predicted octanol–water partition coefficient (Wildman–Crippen LogP) is 6.70. The van der Waals surface area contributed by atoms with Crippen LogP contribution in [0.5, 0.6) is 0 Å². The van der Waals surface area contributed by atoms with Gasteiger partial charge in [-0.2, -0.15) is 0 Å². The zero-order valence-electron chi connectivity index (χ0n) is 20.4. The number of thioether (sulfide) groups is 1. The van der Waals surface area contributed by atoms with Crippen molar-refractivity contribution in [2.24, 2.45) is 5.92 Å². The number of nitrogens with one attached hydrogen (secondary N) is 1. The molecular weight excluding hydrogens is 448 g/mol. The molecule has 1 atom stereocenters. The number of aromatic nitrogens is 2. The Labute approximate surface area is 208 Å². The van der Waals surface area contributed by atoms with E-state index >= 15 is 0 Å². The molecule has 5 nitrogen and oxygen atoms in total. The Kier molecular flexibility index (Phi) is 11.5. The fourth-order valence-electron chi connectivity index (χ4n) is 3.45. The number of carbonyl (C=O) groups excluding carboxylic acids is 1. The molecule has 2 aromatic rings. The highest BCUT2D eigenvalue weighted by atomic mass is 32.2. The van der Waals surface area contributed by atoms with Crippen molar-refractivity contribution in [3.05, 3.63) is 47.1 Å². The molecule has 1 saturated heterocycles. The molecule has 0 bridgehead atoms.